The van der Waals surface area contributed by atoms with Gasteiger partial charge in [-0.1, -0.05) is 36.4 Å². The van der Waals surface area contributed by atoms with Crippen LogP contribution in [0.1, 0.15) is 21.7 Å². The molecule has 0 radical (unpaired) electrons. The quantitative estimate of drug-likeness (QED) is 0.672. The Balaban J connectivity index is 2.30. The molecule has 0 fully saturated rings. The molecule has 1 aromatic heterocycles. The Labute approximate surface area is 146 Å². The third-order valence-electron chi connectivity index (χ3n) is 4.01. The van der Waals surface area contributed by atoms with Crippen LogP contribution in [0.4, 0.5) is 0 Å². The summed E-state index contributed by atoms with van der Waals surface area (Å²) in [7, 11) is -2.08. The van der Waals surface area contributed by atoms with Gasteiger partial charge in [-0.15, -0.1) is 0 Å². The average Bonchev–Trinajstić information content (AvgIpc) is 2.60. The lowest BCUT2D eigenvalue weighted by molar-refractivity contribution is 0.102. The van der Waals surface area contributed by atoms with Crippen LogP contribution in [0.3, 0.4) is 0 Å². The Bertz CT molecular complexity index is 1090. The third kappa shape index (κ3) is 3.00. The standard InChI is InChI=1S/C19H17NO4S/c1-12-13-8-4-5-9-14(13)19(24-2)17(20-12)18(21)15-10-6-7-11-16(15)25(3,22)23/h4-11H,1-3H3. The molecule has 0 aliphatic heterocycles. The van der Waals surface area contributed by atoms with E-state index in [-0.39, 0.29) is 16.2 Å². The number of aromatic nitrogens is 1. The maximum Gasteiger partial charge on any atom is 0.216 e. The summed E-state index contributed by atoms with van der Waals surface area (Å²) >= 11 is 0. The van der Waals surface area contributed by atoms with Gasteiger partial charge in [0.1, 0.15) is 0 Å². The molecule has 0 unspecified atom stereocenters. The average molecular weight is 355 g/mol. The lowest BCUT2D eigenvalue weighted by Gasteiger charge is -2.13. The van der Waals surface area contributed by atoms with Gasteiger partial charge in [0, 0.05) is 28.3 Å². The largest absolute Gasteiger partial charge is 0.494 e. The minimum Gasteiger partial charge on any atom is -0.494 e. The summed E-state index contributed by atoms with van der Waals surface area (Å²) in [5.41, 5.74) is 0.872. The van der Waals surface area contributed by atoms with Crippen molar-refractivity contribution in [3.63, 3.8) is 0 Å². The number of methoxy groups -OCH3 is 1. The smallest absolute Gasteiger partial charge is 0.216 e. The molecule has 3 rings (SSSR count). The Hall–Kier alpha value is -2.73. The molecule has 2 aromatic carbocycles. The topological polar surface area (TPSA) is 73.3 Å². The second-order valence-electron chi connectivity index (χ2n) is 5.72. The minimum atomic E-state index is -3.55. The van der Waals surface area contributed by atoms with Crippen LogP contribution in [0, 0.1) is 6.92 Å². The molecule has 25 heavy (non-hydrogen) atoms. The van der Waals surface area contributed by atoms with Gasteiger partial charge in [-0.05, 0) is 19.1 Å². The molecule has 0 saturated heterocycles. The van der Waals surface area contributed by atoms with Crippen molar-refractivity contribution in [2.24, 2.45) is 0 Å². The van der Waals surface area contributed by atoms with Crippen molar-refractivity contribution in [2.75, 3.05) is 13.4 Å². The van der Waals surface area contributed by atoms with Crippen molar-refractivity contribution in [2.45, 2.75) is 11.8 Å². The van der Waals surface area contributed by atoms with Gasteiger partial charge in [0.15, 0.2) is 21.3 Å². The molecule has 0 atom stereocenters. The highest BCUT2D eigenvalue weighted by Crippen LogP contribution is 2.32. The van der Waals surface area contributed by atoms with E-state index in [0.717, 1.165) is 17.0 Å². The first-order valence-corrected chi connectivity index (χ1v) is 9.51. The van der Waals surface area contributed by atoms with E-state index in [0.29, 0.717) is 11.4 Å². The van der Waals surface area contributed by atoms with Gasteiger partial charge in [-0.25, -0.2) is 13.4 Å². The number of ether oxygens (including phenoxy) is 1. The van der Waals surface area contributed by atoms with Gasteiger partial charge in [-0.2, -0.15) is 0 Å². The Morgan fingerprint density at radius 3 is 2.24 bits per heavy atom. The van der Waals surface area contributed by atoms with E-state index in [4.69, 9.17) is 4.74 Å². The SMILES string of the molecule is COc1c(C(=O)c2ccccc2S(C)(=O)=O)nc(C)c2ccccc12. The van der Waals surface area contributed by atoms with Crippen molar-refractivity contribution >= 4 is 26.4 Å². The van der Waals surface area contributed by atoms with Crippen LogP contribution >= 0.6 is 0 Å². The summed E-state index contributed by atoms with van der Waals surface area (Å²) in [6.45, 7) is 1.81. The molecule has 6 heteroatoms. The zero-order chi connectivity index (χ0) is 18.2. The number of hydrogen-bond donors (Lipinski definition) is 0. The molecule has 0 aliphatic rings. The molecule has 0 aliphatic carbocycles. The van der Waals surface area contributed by atoms with Crippen molar-refractivity contribution in [1.82, 2.24) is 4.98 Å². The summed E-state index contributed by atoms with van der Waals surface area (Å²) in [4.78, 5) is 17.5. The number of carbonyl (C=O) groups is 1. The van der Waals surface area contributed by atoms with Crippen molar-refractivity contribution in [3.8, 4) is 5.75 Å². The summed E-state index contributed by atoms with van der Waals surface area (Å²) in [6, 6.07) is 13.6. The highest BCUT2D eigenvalue weighted by molar-refractivity contribution is 7.90. The summed E-state index contributed by atoms with van der Waals surface area (Å²) in [6.07, 6.45) is 1.08. The van der Waals surface area contributed by atoms with Crippen LogP contribution in [0.2, 0.25) is 0 Å². The lowest BCUT2D eigenvalue weighted by Crippen LogP contribution is -2.13. The van der Waals surface area contributed by atoms with E-state index < -0.39 is 15.6 Å². The number of sulfone groups is 1. The minimum absolute atomic E-state index is 0.0188. The van der Waals surface area contributed by atoms with E-state index in [9.17, 15) is 13.2 Å². The van der Waals surface area contributed by atoms with Gasteiger partial charge in [0.05, 0.1) is 12.0 Å². The first-order chi connectivity index (χ1) is 11.8. The van der Waals surface area contributed by atoms with Crippen molar-refractivity contribution in [3.05, 3.63) is 65.5 Å². The third-order valence-corrected chi connectivity index (χ3v) is 5.16. The maximum atomic E-state index is 13.1. The number of ketones is 1. The Morgan fingerprint density at radius 1 is 1.00 bits per heavy atom. The Kier molecular flexibility index (Phi) is 4.30. The fourth-order valence-electron chi connectivity index (χ4n) is 2.87. The molecule has 1 heterocycles. The van der Waals surface area contributed by atoms with Crippen LogP contribution in [0.5, 0.6) is 5.75 Å². The lowest BCUT2D eigenvalue weighted by atomic mass is 10.0. The fraction of sp³-hybridized carbons (Fsp3) is 0.158. The van der Waals surface area contributed by atoms with Crippen LogP contribution in [0.15, 0.2) is 53.4 Å². The van der Waals surface area contributed by atoms with Crippen molar-refractivity contribution < 1.29 is 17.9 Å². The number of benzene rings is 2. The summed E-state index contributed by atoms with van der Waals surface area (Å²) in [5.74, 6) is -0.138. The van der Waals surface area contributed by atoms with Crippen molar-refractivity contribution in [1.29, 1.82) is 0 Å². The van der Waals surface area contributed by atoms with E-state index in [1.807, 2.05) is 24.3 Å². The zero-order valence-corrected chi connectivity index (χ0v) is 14.9. The number of fused-ring (bicyclic) bond motifs is 1. The maximum absolute atomic E-state index is 13.1. The van der Waals surface area contributed by atoms with E-state index in [1.54, 1.807) is 19.1 Å². The number of pyridine rings is 1. The number of rotatable bonds is 4. The predicted octanol–water partition coefficient (Wildman–Crippen LogP) is 3.19. The number of carbonyl (C=O) groups excluding carboxylic acids is 1. The number of aryl methyl sites for hydroxylation is 1. The molecular weight excluding hydrogens is 338 g/mol. The molecule has 0 amide bonds. The monoisotopic (exact) mass is 355 g/mol. The van der Waals surface area contributed by atoms with E-state index >= 15 is 0 Å². The second kappa shape index (κ2) is 6.29. The number of nitrogens with zero attached hydrogens (tertiary/aromatic N) is 1. The van der Waals surface area contributed by atoms with Crippen LogP contribution in [-0.2, 0) is 9.84 Å². The van der Waals surface area contributed by atoms with Gasteiger partial charge < -0.3 is 4.74 Å². The normalized spacial score (nSPS) is 11.5. The molecule has 128 valence electrons. The molecule has 0 spiro atoms. The molecule has 3 aromatic rings. The highest BCUT2D eigenvalue weighted by atomic mass is 32.2. The van der Waals surface area contributed by atoms with Gasteiger partial charge >= 0.3 is 0 Å². The highest BCUT2D eigenvalue weighted by Gasteiger charge is 2.25. The summed E-state index contributed by atoms with van der Waals surface area (Å²) < 4.78 is 29.5. The molecule has 5 nitrogen and oxygen atoms in total. The summed E-state index contributed by atoms with van der Waals surface area (Å²) in [5, 5.41) is 1.64. The van der Waals surface area contributed by atoms with E-state index in [1.165, 1.54) is 19.2 Å². The molecular formula is C19H17NO4S. The van der Waals surface area contributed by atoms with Gasteiger partial charge in [-0.3, -0.25) is 4.79 Å². The second-order valence-corrected chi connectivity index (χ2v) is 7.71. The van der Waals surface area contributed by atoms with Gasteiger partial charge in [0.25, 0.3) is 0 Å². The molecule has 0 saturated carbocycles. The zero-order valence-electron chi connectivity index (χ0n) is 14.1. The predicted molar refractivity (Wildman–Crippen MR) is 96.0 cm³/mol. The Morgan fingerprint density at radius 2 is 1.60 bits per heavy atom. The van der Waals surface area contributed by atoms with Crippen LogP contribution in [0.25, 0.3) is 10.8 Å². The first-order valence-electron chi connectivity index (χ1n) is 7.61. The fourth-order valence-corrected chi connectivity index (χ4v) is 3.75. The first kappa shape index (κ1) is 17.1. The van der Waals surface area contributed by atoms with Gasteiger partial charge in [0.2, 0.25) is 5.78 Å². The molecule has 0 bridgehead atoms. The molecule has 0 N–H and O–H groups in total. The number of hydrogen-bond acceptors (Lipinski definition) is 5. The van der Waals surface area contributed by atoms with Crippen LogP contribution < -0.4 is 4.74 Å². The van der Waals surface area contributed by atoms with Crippen LogP contribution in [-0.4, -0.2) is 32.6 Å². The van der Waals surface area contributed by atoms with E-state index in [2.05, 4.69) is 4.98 Å².